The van der Waals surface area contributed by atoms with Crippen LogP contribution in [0.4, 0.5) is 5.82 Å². The van der Waals surface area contributed by atoms with Crippen molar-refractivity contribution in [2.24, 2.45) is 0 Å². The van der Waals surface area contributed by atoms with Crippen molar-refractivity contribution < 1.29 is 9.63 Å². The first-order valence-corrected chi connectivity index (χ1v) is 8.68. The van der Waals surface area contributed by atoms with Gasteiger partial charge in [-0.3, -0.25) is 14.3 Å². The molecule has 0 radical (unpaired) electrons. The number of anilines is 1. The SMILES string of the molecule is O=C(C1CN(c2ccc3nncn3n2)Cc2ccnn21)N1CCCCO1. The van der Waals surface area contributed by atoms with Crippen molar-refractivity contribution in [1.82, 2.24) is 34.7 Å². The van der Waals surface area contributed by atoms with Crippen molar-refractivity contribution in [3.8, 4) is 0 Å². The van der Waals surface area contributed by atoms with E-state index < -0.39 is 6.04 Å². The van der Waals surface area contributed by atoms with Crippen molar-refractivity contribution in [3.63, 3.8) is 0 Å². The Bertz CT molecular complexity index is 945. The molecule has 3 aromatic heterocycles. The van der Waals surface area contributed by atoms with Crippen LogP contribution in [0.15, 0.2) is 30.7 Å². The average molecular weight is 354 g/mol. The Morgan fingerprint density at radius 3 is 3.08 bits per heavy atom. The van der Waals surface area contributed by atoms with Crippen molar-refractivity contribution >= 4 is 17.4 Å². The highest BCUT2D eigenvalue weighted by atomic mass is 16.7. The van der Waals surface area contributed by atoms with Gasteiger partial charge >= 0.3 is 0 Å². The Morgan fingerprint density at radius 1 is 1.23 bits per heavy atom. The molecule has 1 atom stereocenters. The smallest absolute Gasteiger partial charge is 0.272 e. The van der Waals surface area contributed by atoms with Crippen LogP contribution in [0.1, 0.15) is 24.6 Å². The Labute approximate surface area is 148 Å². The van der Waals surface area contributed by atoms with E-state index in [-0.39, 0.29) is 5.91 Å². The van der Waals surface area contributed by atoms with E-state index in [2.05, 4.69) is 25.3 Å². The molecule has 2 aliphatic rings. The maximum atomic E-state index is 13.0. The van der Waals surface area contributed by atoms with E-state index in [4.69, 9.17) is 4.84 Å². The van der Waals surface area contributed by atoms with E-state index in [0.29, 0.717) is 31.9 Å². The van der Waals surface area contributed by atoms with E-state index in [1.165, 1.54) is 5.06 Å². The van der Waals surface area contributed by atoms with Gasteiger partial charge in [0.2, 0.25) is 0 Å². The molecule has 3 aromatic rings. The van der Waals surface area contributed by atoms with E-state index >= 15 is 0 Å². The maximum Gasteiger partial charge on any atom is 0.272 e. The van der Waals surface area contributed by atoms with Crippen LogP contribution in [0.5, 0.6) is 0 Å². The summed E-state index contributed by atoms with van der Waals surface area (Å²) < 4.78 is 3.43. The van der Waals surface area contributed by atoms with Gasteiger partial charge in [-0.15, -0.1) is 15.3 Å². The van der Waals surface area contributed by atoms with Crippen LogP contribution in [0.25, 0.3) is 5.65 Å². The van der Waals surface area contributed by atoms with Crippen LogP contribution in [0, 0.1) is 0 Å². The molecule has 0 saturated carbocycles. The molecule has 0 bridgehead atoms. The fourth-order valence-electron chi connectivity index (χ4n) is 3.47. The van der Waals surface area contributed by atoms with Gasteiger partial charge in [0.25, 0.3) is 5.91 Å². The minimum Gasteiger partial charge on any atom is -0.347 e. The van der Waals surface area contributed by atoms with Crippen LogP contribution < -0.4 is 4.90 Å². The van der Waals surface area contributed by atoms with E-state index in [0.717, 1.165) is 24.4 Å². The van der Waals surface area contributed by atoms with Crippen molar-refractivity contribution in [3.05, 3.63) is 36.4 Å². The first-order valence-electron chi connectivity index (χ1n) is 8.68. The van der Waals surface area contributed by atoms with E-state index in [1.54, 1.807) is 21.7 Å². The molecule has 1 saturated heterocycles. The molecule has 26 heavy (non-hydrogen) atoms. The zero-order valence-electron chi connectivity index (χ0n) is 14.1. The lowest BCUT2D eigenvalue weighted by Crippen LogP contribution is -2.48. The minimum atomic E-state index is -0.440. The number of amides is 1. The zero-order chi connectivity index (χ0) is 17.5. The van der Waals surface area contributed by atoms with Crippen LogP contribution in [0.2, 0.25) is 0 Å². The molecule has 134 valence electrons. The van der Waals surface area contributed by atoms with Gasteiger partial charge in [-0.1, -0.05) is 0 Å². The summed E-state index contributed by atoms with van der Waals surface area (Å²) in [5.41, 5.74) is 1.66. The minimum absolute atomic E-state index is 0.0651. The molecule has 1 fully saturated rings. The summed E-state index contributed by atoms with van der Waals surface area (Å²) in [7, 11) is 0. The summed E-state index contributed by atoms with van der Waals surface area (Å²) in [6, 6.07) is 5.26. The Hall–Kier alpha value is -3.01. The summed E-state index contributed by atoms with van der Waals surface area (Å²) in [5, 5.41) is 18.2. The number of carbonyl (C=O) groups excluding carboxylic acids is 1. The van der Waals surface area contributed by atoms with Crippen LogP contribution >= 0.6 is 0 Å². The largest absolute Gasteiger partial charge is 0.347 e. The average Bonchev–Trinajstić information content (AvgIpc) is 3.35. The second-order valence-corrected chi connectivity index (χ2v) is 6.47. The van der Waals surface area contributed by atoms with Crippen molar-refractivity contribution in [1.29, 1.82) is 0 Å². The molecule has 0 aromatic carbocycles. The molecule has 1 unspecified atom stereocenters. The van der Waals surface area contributed by atoms with Gasteiger partial charge in [0.05, 0.1) is 25.4 Å². The molecule has 2 aliphatic heterocycles. The van der Waals surface area contributed by atoms with Crippen LogP contribution in [-0.2, 0) is 16.2 Å². The molecule has 5 rings (SSSR count). The van der Waals surface area contributed by atoms with Gasteiger partial charge in [-0.2, -0.15) is 9.61 Å². The summed E-state index contributed by atoms with van der Waals surface area (Å²) >= 11 is 0. The normalized spacial score (nSPS) is 20.4. The second-order valence-electron chi connectivity index (χ2n) is 6.47. The Morgan fingerprint density at radius 2 is 2.19 bits per heavy atom. The molecule has 0 spiro atoms. The number of nitrogens with zero attached hydrogens (tertiary/aromatic N) is 8. The molecular weight excluding hydrogens is 336 g/mol. The standard InChI is InChI=1S/C16H18N8O2/c25-16(23-7-1-2-8-26-23)13-10-21(9-12-5-6-18-24(12)13)15-4-3-14-19-17-11-22(14)20-15/h3-6,11,13H,1-2,7-10H2. The maximum absolute atomic E-state index is 13.0. The number of fused-ring (bicyclic) bond motifs is 2. The molecule has 1 amide bonds. The van der Waals surface area contributed by atoms with E-state index in [1.807, 2.05) is 18.2 Å². The summed E-state index contributed by atoms with van der Waals surface area (Å²) in [5.74, 6) is 0.701. The molecular formula is C16H18N8O2. The van der Waals surface area contributed by atoms with Gasteiger partial charge < -0.3 is 4.90 Å². The molecule has 5 heterocycles. The highest BCUT2D eigenvalue weighted by Crippen LogP contribution is 2.26. The summed E-state index contributed by atoms with van der Waals surface area (Å²) in [4.78, 5) is 20.7. The summed E-state index contributed by atoms with van der Waals surface area (Å²) in [6.07, 6.45) is 5.24. The predicted molar refractivity (Wildman–Crippen MR) is 90.0 cm³/mol. The third-order valence-electron chi connectivity index (χ3n) is 4.80. The summed E-state index contributed by atoms with van der Waals surface area (Å²) in [6.45, 7) is 2.32. The lowest BCUT2D eigenvalue weighted by atomic mass is 10.1. The van der Waals surface area contributed by atoms with Crippen LogP contribution in [0.3, 0.4) is 0 Å². The van der Waals surface area contributed by atoms with Crippen molar-refractivity contribution in [2.45, 2.75) is 25.4 Å². The van der Waals surface area contributed by atoms with E-state index in [9.17, 15) is 4.79 Å². The first kappa shape index (κ1) is 15.3. The highest BCUT2D eigenvalue weighted by molar-refractivity contribution is 5.80. The molecule has 10 nitrogen and oxygen atoms in total. The Kier molecular flexibility index (Phi) is 3.56. The third kappa shape index (κ3) is 2.49. The zero-order valence-corrected chi connectivity index (χ0v) is 14.1. The lowest BCUT2D eigenvalue weighted by molar-refractivity contribution is -0.200. The third-order valence-corrected chi connectivity index (χ3v) is 4.80. The lowest BCUT2D eigenvalue weighted by Gasteiger charge is -2.36. The number of hydroxylamine groups is 2. The second kappa shape index (κ2) is 6.06. The number of aromatic nitrogens is 6. The fourth-order valence-corrected chi connectivity index (χ4v) is 3.47. The van der Waals surface area contributed by atoms with Gasteiger partial charge in [0.1, 0.15) is 12.1 Å². The number of rotatable bonds is 2. The highest BCUT2D eigenvalue weighted by Gasteiger charge is 2.35. The monoisotopic (exact) mass is 354 g/mol. The molecule has 0 aliphatic carbocycles. The number of hydrogen-bond acceptors (Lipinski definition) is 7. The molecule has 0 N–H and O–H groups in total. The number of hydrogen-bond donors (Lipinski definition) is 0. The van der Waals surface area contributed by atoms with Crippen LogP contribution in [-0.4, -0.2) is 60.3 Å². The predicted octanol–water partition coefficient (Wildman–Crippen LogP) is 0.436. The topological polar surface area (TPSA) is 93.7 Å². The Balaban J connectivity index is 1.47. The quantitative estimate of drug-likeness (QED) is 0.659. The number of carbonyl (C=O) groups is 1. The van der Waals surface area contributed by atoms with Gasteiger partial charge in [-0.05, 0) is 31.0 Å². The fraction of sp³-hybridized carbons (Fsp3) is 0.438. The van der Waals surface area contributed by atoms with Gasteiger partial charge in [0, 0.05) is 12.7 Å². The van der Waals surface area contributed by atoms with Gasteiger partial charge in [-0.25, -0.2) is 5.06 Å². The first-order chi connectivity index (χ1) is 12.8. The van der Waals surface area contributed by atoms with Gasteiger partial charge in [0.15, 0.2) is 11.7 Å². The molecule has 10 heteroatoms. The van der Waals surface area contributed by atoms with Crippen molar-refractivity contribution in [2.75, 3.05) is 24.6 Å².